The Balaban J connectivity index is 2.98. The van der Waals surface area contributed by atoms with Gasteiger partial charge in [-0.05, 0) is 0 Å². The molecule has 1 aromatic heterocycles. The second kappa shape index (κ2) is 4.25. The van der Waals surface area contributed by atoms with Gasteiger partial charge in [-0.15, -0.1) is 0 Å². The highest BCUT2D eigenvalue weighted by Gasteiger charge is 2.16. The number of nitrogens with zero attached hydrogens (tertiary/aromatic N) is 1. The zero-order valence-corrected chi connectivity index (χ0v) is 7.13. The standard InChI is InChI=1S/C8H10F2N2O/c1-13-4-7(11)8-5(9)2-12-3-6(8)10/h2-3,7H,4,11H2,1H3. The van der Waals surface area contributed by atoms with E-state index in [2.05, 4.69) is 9.72 Å². The van der Waals surface area contributed by atoms with Crippen LogP contribution in [0.1, 0.15) is 11.6 Å². The lowest BCUT2D eigenvalue weighted by Gasteiger charge is -2.11. The molecule has 2 N–H and O–H groups in total. The van der Waals surface area contributed by atoms with Crippen molar-refractivity contribution in [1.82, 2.24) is 4.98 Å². The summed E-state index contributed by atoms with van der Waals surface area (Å²) in [4.78, 5) is 3.34. The Labute approximate surface area is 74.5 Å². The first-order valence-corrected chi connectivity index (χ1v) is 3.70. The zero-order valence-electron chi connectivity index (χ0n) is 7.13. The molecule has 0 spiro atoms. The van der Waals surface area contributed by atoms with Gasteiger partial charge >= 0.3 is 0 Å². The highest BCUT2D eigenvalue weighted by Crippen LogP contribution is 2.17. The van der Waals surface area contributed by atoms with E-state index in [1.54, 1.807) is 0 Å². The summed E-state index contributed by atoms with van der Waals surface area (Å²) < 4.78 is 30.7. The summed E-state index contributed by atoms with van der Waals surface area (Å²) in [6.07, 6.45) is 1.85. The second-order valence-corrected chi connectivity index (χ2v) is 2.58. The number of hydrogen-bond acceptors (Lipinski definition) is 3. The van der Waals surface area contributed by atoms with Crippen LogP contribution in [0, 0.1) is 11.6 Å². The van der Waals surface area contributed by atoms with E-state index in [1.807, 2.05) is 0 Å². The molecule has 1 atom stereocenters. The summed E-state index contributed by atoms with van der Waals surface area (Å²) in [7, 11) is 1.41. The van der Waals surface area contributed by atoms with Gasteiger partial charge in [0.15, 0.2) is 0 Å². The summed E-state index contributed by atoms with van der Waals surface area (Å²) in [6.45, 7) is 0.0673. The molecular formula is C8H10F2N2O. The monoisotopic (exact) mass is 188 g/mol. The number of nitrogens with two attached hydrogens (primary N) is 1. The predicted octanol–water partition coefficient (Wildman–Crippen LogP) is 1.01. The van der Waals surface area contributed by atoms with Crippen molar-refractivity contribution in [2.75, 3.05) is 13.7 Å². The zero-order chi connectivity index (χ0) is 9.84. The molecule has 3 nitrogen and oxygen atoms in total. The van der Waals surface area contributed by atoms with Crippen molar-refractivity contribution in [3.8, 4) is 0 Å². The fourth-order valence-corrected chi connectivity index (χ4v) is 1.04. The minimum atomic E-state index is -0.798. The molecule has 0 aliphatic heterocycles. The molecule has 0 aliphatic carbocycles. The van der Waals surface area contributed by atoms with E-state index in [9.17, 15) is 8.78 Å². The Kier molecular flexibility index (Phi) is 3.27. The highest BCUT2D eigenvalue weighted by atomic mass is 19.1. The smallest absolute Gasteiger partial charge is 0.149 e. The Bertz CT molecular complexity index is 273. The first-order chi connectivity index (χ1) is 6.16. The van der Waals surface area contributed by atoms with Gasteiger partial charge in [0.25, 0.3) is 0 Å². The van der Waals surface area contributed by atoms with Crippen LogP contribution in [-0.2, 0) is 4.74 Å². The fraction of sp³-hybridized carbons (Fsp3) is 0.375. The van der Waals surface area contributed by atoms with Gasteiger partial charge in [0.2, 0.25) is 0 Å². The van der Waals surface area contributed by atoms with Gasteiger partial charge in [0.05, 0.1) is 25.0 Å². The van der Waals surface area contributed by atoms with Crippen LogP contribution in [0.5, 0.6) is 0 Å². The number of halogens is 2. The molecule has 1 aromatic rings. The molecule has 1 rings (SSSR count). The van der Waals surface area contributed by atoms with Gasteiger partial charge in [0.1, 0.15) is 11.6 Å². The van der Waals surface area contributed by atoms with Crippen LogP contribution in [-0.4, -0.2) is 18.7 Å². The molecule has 72 valence electrons. The Morgan fingerprint density at radius 3 is 2.46 bits per heavy atom. The first kappa shape index (κ1) is 10.0. The van der Waals surface area contributed by atoms with Crippen LogP contribution < -0.4 is 5.73 Å². The molecule has 0 radical (unpaired) electrons. The Hall–Kier alpha value is -1.07. The van der Waals surface area contributed by atoms with Crippen molar-refractivity contribution in [1.29, 1.82) is 0 Å². The van der Waals surface area contributed by atoms with Crippen LogP contribution in [0.25, 0.3) is 0 Å². The number of ether oxygens (including phenoxy) is 1. The SMILES string of the molecule is COCC(N)c1c(F)cncc1F. The van der Waals surface area contributed by atoms with E-state index >= 15 is 0 Å². The summed E-state index contributed by atoms with van der Waals surface area (Å²) in [6, 6.07) is -0.798. The maximum atomic E-state index is 13.0. The maximum Gasteiger partial charge on any atom is 0.149 e. The van der Waals surface area contributed by atoms with Crippen LogP contribution in [0.15, 0.2) is 12.4 Å². The van der Waals surface area contributed by atoms with Crippen molar-refractivity contribution >= 4 is 0 Å². The molecule has 1 unspecified atom stereocenters. The van der Waals surface area contributed by atoms with Crippen molar-refractivity contribution < 1.29 is 13.5 Å². The third kappa shape index (κ3) is 2.19. The second-order valence-electron chi connectivity index (χ2n) is 2.58. The van der Waals surface area contributed by atoms with Crippen LogP contribution in [0.2, 0.25) is 0 Å². The number of rotatable bonds is 3. The van der Waals surface area contributed by atoms with E-state index in [4.69, 9.17) is 5.73 Å². The van der Waals surface area contributed by atoms with Gasteiger partial charge in [-0.25, -0.2) is 8.78 Å². The average Bonchev–Trinajstić information content (AvgIpc) is 2.04. The van der Waals surface area contributed by atoms with Crippen molar-refractivity contribution in [3.63, 3.8) is 0 Å². The molecule has 1 heterocycles. The van der Waals surface area contributed by atoms with E-state index in [0.29, 0.717) is 0 Å². The number of aromatic nitrogens is 1. The highest BCUT2D eigenvalue weighted by molar-refractivity contribution is 5.19. The van der Waals surface area contributed by atoms with E-state index < -0.39 is 17.7 Å². The molecule has 0 aliphatic rings. The summed E-state index contributed by atoms with van der Waals surface area (Å²) in [5.41, 5.74) is 5.29. The average molecular weight is 188 g/mol. The largest absolute Gasteiger partial charge is 0.383 e. The lowest BCUT2D eigenvalue weighted by molar-refractivity contribution is 0.178. The van der Waals surface area contributed by atoms with Crippen molar-refractivity contribution in [2.24, 2.45) is 5.73 Å². The van der Waals surface area contributed by atoms with E-state index in [0.717, 1.165) is 12.4 Å². The molecule has 5 heteroatoms. The van der Waals surface area contributed by atoms with Gasteiger partial charge in [0, 0.05) is 12.7 Å². The van der Waals surface area contributed by atoms with E-state index in [1.165, 1.54) is 7.11 Å². The Morgan fingerprint density at radius 1 is 1.46 bits per heavy atom. The number of pyridine rings is 1. The number of hydrogen-bond donors (Lipinski definition) is 1. The lowest BCUT2D eigenvalue weighted by Crippen LogP contribution is -2.19. The van der Waals surface area contributed by atoms with Crippen molar-refractivity contribution in [2.45, 2.75) is 6.04 Å². The molecule has 0 saturated heterocycles. The maximum absolute atomic E-state index is 13.0. The molecule has 0 saturated carbocycles. The van der Waals surface area contributed by atoms with Crippen LogP contribution in [0.3, 0.4) is 0 Å². The predicted molar refractivity (Wildman–Crippen MR) is 43.0 cm³/mol. The summed E-state index contributed by atoms with van der Waals surface area (Å²) in [5.74, 6) is -1.49. The Morgan fingerprint density at radius 2 is 2.00 bits per heavy atom. The molecule has 0 fully saturated rings. The van der Waals surface area contributed by atoms with Gasteiger partial charge < -0.3 is 10.5 Å². The summed E-state index contributed by atoms with van der Waals surface area (Å²) >= 11 is 0. The lowest BCUT2D eigenvalue weighted by atomic mass is 10.1. The van der Waals surface area contributed by atoms with Gasteiger partial charge in [-0.3, -0.25) is 4.98 Å². The molecule has 0 bridgehead atoms. The third-order valence-electron chi connectivity index (χ3n) is 1.61. The third-order valence-corrected chi connectivity index (χ3v) is 1.61. The molecule has 13 heavy (non-hydrogen) atoms. The first-order valence-electron chi connectivity index (χ1n) is 3.70. The fourth-order valence-electron chi connectivity index (χ4n) is 1.04. The van der Waals surface area contributed by atoms with Gasteiger partial charge in [-0.1, -0.05) is 0 Å². The van der Waals surface area contributed by atoms with Crippen molar-refractivity contribution in [3.05, 3.63) is 29.6 Å². The molecule has 0 amide bonds. The van der Waals surface area contributed by atoms with E-state index in [-0.39, 0.29) is 12.2 Å². The van der Waals surface area contributed by atoms with Crippen LogP contribution in [0.4, 0.5) is 8.78 Å². The molecular weight excluding hydrogens is 178 g/mol. The normalized spacial score (nSPS) is 12.9. The van der Waals surface area contributed by atoms with Gasteiger partial charge in [-0.2, -0.15) is 0 Å². The van der Waals surface area contributed by atoms with Crippen LogP contribution >= 0.6 is 0 Å². The minimum absolute atomic E-state index is 0.0673. The quantitative estimate of drug-likeness (QED) is 0.769. The molecule has 0 aromatic carbocycles. The summed E-state index contributed by atoms with van der Waals surface area (Å²) in [5, 5.41) is 0. The topological polar surface area (TPSA) is 48.1 Å². The minimum Gasteiger partial charge on any atom is -0.383 e. The number of methoxy groups -OCH3 is 1.